The number of halogens is 2. The molecule has 9 nitrogen and oxygen atoms in total. The van der Waals surface area contributed by atoms with Gasteiger partial charge in [0.15, 0.2) is 11.5 Å². The molecule has 0 aliphatic carbocycles. The molecule has 0 fully saturated rings. The minimum absolute atomic E-state index is 0.00173. The van der Waals surface area contributed by atoms with E-state index >= 15 is 0 Å². The van der Waals surface area contributed by atoms with Crippen molar-refractivity contribution in [2.24, 2.45) is 0 Å². The van der Waals surface area contributed by atoms with Gasteiger partial charge in [-0.2, -0.15) is 0 Å². The van der Waals surface area contributed by atoms with Crippen LogP contribution >= 0.6 is 23.2 Å². The number of carbonyl (C=O) groups is 2. The van der Waals surface area contributed by atoms with Crippen LogP contribution in [-0.4, -0.2) is 57.5 Å². The van der Waals surface area contributed by atoms with E-state index in [1.54, 1.807) is 54.6 Å². The number of sulfonamides is 1. The standard InChI is InChI=1S/C36H37Cl2N3O6S/c1-2-3-18-39-36(43)32(21-26-10-6-4-7-11-26)40(24-27-14-15-28(37)22-31(27)38)35(42)25-41(48(44,45)30-12-8-5-9-13-30)29-16-17-33-34(23-29)47-20-19-46-33/h4-17,22-23,32H,2-3,18-21,24-25H2,1H3,(H,39,43)/t32-/m1/s1. The SMILES string of the molecule is CCCCNC(=O)[C@@H](Cc1ccccc1)N(Cc1ccc(Cl)cc1Cl)C(=O)CN(c1ccc2c(c1)OCCO2)S(=O)(=O)c1ccccc1. The van der Waals surface area contributed by atoms with E-state index in [1.165, 1.54) is 17.0 Å². The third-order valence-corrected chi connectivity index (χ3v) is 10.3. The maximum atomic E-state index is 14.7. The molecule has 5 rings (SSSR count). The molecule has 252 valence electrons. The fraction of sp³-hybridized carbons (Fsp3) is 0.278. The van der Waals surface area contributed by atoms with Crippen molar-refractivity contribution in [2.75, 3.05) is 30.6 Å². The summed E-state index contributed by atoms with van der Waals surface area (Å²) in [6, 6.07) is 25.9. The van der Waals surface area contributed by atoms with Crippen molar-refractivity contribution in [2.45, 2.75) is 43.7 Å². The Hall–Kier alpha value is -4.25. The van der Waals surface area contributed by atoms with Gasteiger partial charge in [-0.05, 0) is 53.9 Å². The molecule has 0 saturated heterocycles. The minimum Gasteiger partial charge on any atom is -0.486 e. The van der Waals surface area contributed by atoms with Crippen LogP contribution in [0.15, 0.2) is 102 Å². The first kappa shape index (κ1) is 35.1. The van der Waals surface area contributed by atoms with E-state index in [-0.39, 0.29) is 29.5 Å². The second-order valence-electron chi connectivity index (χ2n) is 11.3. The van der Waals surface area contributed by atoms with Crippen molar-refractivity contribution in [3.05, 3.63) is 118 Å². The van der Waals surface area contributed by atoms with E-state index in [0.717, 1.165) is 22.7 Å². The van der Waals surface area contributed by atoms with Crippen LogP contribution in [0.25, 0.3) is 0 Å². The number of hydrogen-bond donors (Lipinski definition) is 1. The van der Waals surface area contributed by atoms with Crippen molar-refractivity contribution in [3.63, 3.8) is 0 Å². The fourth-order valence-electron chi connectivity index (χ4n) is 5.33. The van der Waals surface area contributed by atoms with Gasteiger partial charge in [0.2, 0.25) is 11.8 Å². The first-order valence-electron chi connectivity index (χ1n) is 15.7. The predicted molar refractivity (Wildman–Crippen MR) is 187 cm³/mol. The van der Waals surface area contributed by atoms with E-state index in [9.17, 15) is 18.0 Å². The van der Waals surface area contributed by atoms with E-state index in [2.05, 4.69) is 5.32 Å². The van der Waals surface area contributed by atoms with Crippen molar-refractivity contribution < 1.29 is 27.5 Å². The average molecular weight is 711 g/mol. The smallest absolute Gasteiger partial charge is 0.264 e. The minimum atomic E-state index is -4.27. The van der Waals surface area contributed by atoms with Gasteiger partial charge in [-0.15, -0.1) is 0 Å². The number of ether oxygens (including phenoxy) is 2. The summed E-state index contributed by atoms with van der Waals surface area (Å²) >= 11 is 12.8. The molecular weight excluding hydrogens is 673 g/mol. The Balaban J connectivity index is 1.59. The van der Waals surface area contributed by atoms with Gasteiger partial charge in [0, 0.05) is 35.6 Å². The number of amides is 2. The Labute approximate surface area is 291 Å². The number of fused-ring (bicyclic) bond motifs is 1. The van der Waals surface area contributed by atoms with Crippen molar-refractivity contribution >= 4 is 50.7 Å². The molecule has 1 N–H and O–H groups in total. The van der Waals surface area contributed by atoms with Crippen LogP contribution in [0.2, 0.25) is 10.0 Å². The Morgan fingerprint density at radius 1 is 0.875 bits per heavy atom. The highest BCUT2D eigenvalue weighted by Crippen LogP contribution is 2.36. The molecule has 0 unspecified atom stereocenters. The first-order chi connectivity index (χ1) is 23.2. The zero-order chi connectivity index (χ0) is 34.1. The molecular formula is C36H37Cl2N3O6S. The van der Waals surface area contributed by atoms with Crippen LogP contribution in [-0.2, 0) is 32.6 Å². The van der Waals surface area contributed by atoms with Crippen LogP contribution in [0.4, 0.5) is 5.69 Å². The molecule has 0 spiro atoms. The Bertz CT molecular complexity index is 1830. The molecule has 0 saturated carbocycles. The summed E-state index contributed by atoms with van der Waals surface area (Å²) in [6.45, 7) is 2.41. The third-order valence-electron chi connectivity index (χ3n) is 7.88. The van der Waals surface area contributed by atoms with Crippen molar-refractivity contribution in [3.8, 4) is 11.5 Å². The van der Waals surface area contributed by atoms with E-state index in [0.29, 0.717) is 46.9 Å². The quantitative estimate of drug-likeness (QED) is 0.150. The molecule has 0 bridgehead atoms. The fourth-order valence-corrected chi connectivity index (χ4v) is 7.22. The number of hydrogen-bond acceptors (Lipinski definition) is 6. The van der Waals surface area contributed by atoms with E-state index in [1.807, 2.05) is 37.3 Å². The van der Waals surface area contributed by atoms with Gasteiger partial charge in [0.05, 0.1) is 10.6 Å². The highest BCUT2D eigenvalue weighted by molar-refractivity contribution is 7.92. The summed E-state index contributed by atoms with van der Waals surface area (Å²) in [5, 5.41) is 3.70. The van der Waals surface area contributed by atoms with Gasteiger partial charge in [-0.1, -0.05) is 91.1 Å². The van der Waals surface area contributed by atoms with Gasteiger partial charge < -0.3 is 19.7 Å². The Morgan fingerprint density at radius 3 is 2.25 bits per heavy atom. The normalized spacial score (nSPS) is 13.0. The van der Waals surface area contributed by atoms with Crippen molar-refractivity contribution in [1.29, 1.82) is 0 Å². The monoisotopic (exact) mass is 709 g/mol. The molecule has 1 aliphatic rings. The molecule has 0 radical (unpaired) electrons. The molecule has 0 aromatic heterocycles. The third kappa shape index (κ3) is 8.61. The van der Waals surface area contributed by atoms with Crippen molar-refractivity contribution in [1.82, 2.24) is 10.2 Å². The lowest BCUT2D eigenvalue weighted by Gasteiger charge is -2.34. The molecule has 1 heterocycles. The zero-order valence-corrected chi connectivity index (χ0v) is 28.8. The lowest BCUT2D eigenvalue weighted by molar-refractivity contribution is -0.140. The number of unbranched alkanes of at least 4 members (excludes halogenated alkanes) is 1. The maximum Gasteiger partial charge on any atom is 0.264 e. The molecule has 1 atom stereocenters. The largest absolute Gasteiger partial charge is 0.486 e. The number of nitrogens with one attached hydrogen (secondary N) is 1. The van der Waals surface area contributed by atoms with Gasteiger partial charge in [0.1, 0.15) is 25.8 Å². The lowest BCUT2D eigenvalue weighted by Crippen LogP contribution is -2.53. The number of nitrogens with zero attached hydrogens (tertiary/aromatic N) is 2. The second kappa shape index (κ2) is 16.2. The molecule has 2 amide bonds. The van der Waals surface area contributed by atoms with E-state index < -0.39 is 28.5 Å². The van der Waals surface area contributed by atoms with Gasteiger partial charge in [-0.25, -0.2) is 8.42 Å². The Morgan fingerprint density at radius 2 is 1.56 bits per heavy atom. The van der Waals surface area contributed by atoms with Crippen LogP contribution in [0.3, 0.4) is 0 Å². The highest BCUT2D eigenvalue weighted by Gasteiger charge is 2.35. The molecule has 48 heavy (non-hydrogen) atoms. The highest BCUT2D eigenvalue weighted by atomic mass is 35.5. The lowest BCUT2D eigenvalue weighted by atomic mass is 10.0. The summed E-state index contributed by atoms with van der Waals surface area (Å²) in [7, 11) is -4.27. The number of benzene rings is 4. The van der Waals surface area contributed by atoms with E-state index in [4.69, 9.17) is 32.7 Å². The number of carbonyl (C=O) groups excluding carboxylic acids is 2. The average Bonchev–Trinajstić information content (AvgIpc) is 3.10. The summed E-state index contributed by atoms with van der Waals surface area (Å²) in [5.41, 5.74) is 1.58. The predicted octanol–water partition coefficient (Wildman–Crippen LogP) is 6.52. The van der Waals surface area contributed by atoms with Crippen LogP contribution in [0.1, 0.15) is 30.9 Å². The van der Waals surface area contributed by atoms with Gasteiger partial charge >= 0.3 is 0 Å². The first-order valence-corrected chi connectivity index (χ1v) is 17.9. The summed E-state index contributed by atoms with van der Waals surface area (Å²) in [5.74, 6) is -0.134. The molecule has 1 aliphatic heterocycles. The molecule has 12 heteroatoms. The van der Waals surface area contributed by atoms with Crippen LogP contribution in [0, 0.1) is 0 Å². The maximum absolute atomic E-state index is 14.7. The second-order valence-corrected chi connectivity index (χ2v) is 14.0. The zero-order valence-electron chi connectivity index (χ0n) is 26.5. The van der Waals surface area contributed by atoms with Gasteiger partial charge in [-0.3, -0.25) is 13.9 Å². The van der Waals surface area contributed by atoms with Gasteiger partial charge in [0.25, 0.3) is 10.0 Å². The number of rotatable bonds is 14. The summed E-state index contributed by atoms with van der Waals surface area (Å²) < 4.78 is 40.9. The van der Waals surface area contributed by atoms with Crippen LogP contribution in [0.5, 0.6) is 11.5 Å². The molecule has 4 aromatic rings. The van der Waals surface area contributed by atoms with Crippen LogP contribution < -0.4 is 19.1 Å². The Kier molecular flexibility index (Phi) is 11.9. The summed E-state index contributed by atoms with van der Waals surface area (Å²) in [4.78, 5) is 30.0. The summed E-state index contributed by atoms with van der Waals surface area (Å²) in [6.07, 6.45) is 1.81. The number of anilines is 1. The molecule has 4 aromatic carbocycles. The topological polar surface area (TPSA) is 105 Å².